The summed E-state index contributed by atoms with van der Waals surface area (Å²) in [6.07, 6.45) is 3.61. The average Bonchev–Trinajstić information content (AvgIpc) is 3.16. The molecule has 130 valence electrons. The standard InChI is InChI=1S/C20H23N3O2/c1-25-18-6-4-15(5-7-18)10-22-12-17-13-23(20(24)19(17)14-22)11-16-3-2-8-21-9-16/h2-9,17,19H,10-14H2,1H3/t17-,19-/m0/s1. The van der Waals surface area contributed by atoms with Gasteiger partial charge in [-0.15, -0.1) is 0 Å². The highest BCUT2D eigenvalue weighted by molar-refractivity contribution is 5.82. The second kappa shape index (κ2) is 6.84. The van der Waals surface area contributed by atoms with Crippen LogP contribution in [0.4, 0.5) is 0 Å². The van der Waals surface area contributed by atoms with Gasteiger partial charge in [0.05, 0.1) is 13.0 Å². The van der Waals surface area contributed by atoms with Crippen molar-refractivity contribution in [3.63, 3.8) is 0 Å². The molecule has 1 aromatic carbocycles. The number of methoxy groups -OCH3 is 1. The van der Waals surface area contributed by atoms with Crippen molar-refractivity contribution >= 4 is 5.91 Å². The van der Waals surface area contributed by atoms with E-state index in [9.17, 15) is 4.79 Å². The molecule has 0 spiro atoms. The molecule has 2 saturated heterocycles. The minimum absolute atomic E-state index is 0.148. The number of nitrogens with zero attached hydrogens (tertiary/aromatic N) is 3. The van der Waals surface area contributed by atoms with E-state index in [1.807, 2.05) is 35.4 Å². The number of carbonyl (C=O) groups excluding carboxylic acids is 1. The van der Waals surface area contributed by atoms with Crippen molar-refractivity contribution in [2.45, 2.75) is 13.1 Å². The van der Waals surface area contributed by atoms with E-state index in [1.165, 1.54) is 5.56 Å². The highest BCUT2D eigenvalue weighted by Gasteiger charge is 2.45. The predicted molar refractivity (Wildman–Crippen MR) is 94.9 cm³/mol. The maximum Gasteiger partial charge on any atom is 0.227 e. The summed E-state index contributed by atoms with van der Waals surface area (Å²) in [7, 11) is 1.68. The van der Waals surface area contributed by atoms with Gasteiger partial charge in [0.2, 0.25) is 5.91 Å². The normalized spacial score (nSPS) is 23.1. The van der Waals surface area contributed by atoms with Crippen LogP contribution in [-0.2, 0) is 17.9 Å². The summed E-state index contributed by atoms with van der Waals surface area (Å²) in [6.45, 7) is 4.29. The highest BCUT2D eigenvalue weighted by atomic mass is 16.5. The third kappa shape index (κ3) is 3.37. The summed E-state index contributed by atoms with van der Waals surface area (Å²) in [6, 6.07) is 12.1. The Morgan fingerprint density at radius 2 is 1.92 bits per heavy atom. The first kappa shape index (κ1) is 16.1. The molecule has 2 aliphatic rings. The van der Waals surface area contributed by atoms with Crippen molar-refractivity contribution in [2.24, 2.45) is 11.8 Å². The lowest BCUT2D eigenvalue weighted by Crippen LogP contribution is -2.32. The third-order valence-corrected chi connectivity index (χ3v) is 5.26. The number of hydrogen-bond acceptors (Lipinski definition) is 4. The van der Waals surface area contributed by atoms with Gasteiger partial charge in [-0.1, -0.05) is 18.2 Å². The van der Waals surface area contributed by atoms with E-state index >= 15 is 0 Å². The van der Waals surface area contributed by atoms with Gasteiger partial charge >= 0.3 is 0 Å². The first-order valence-electron chi connectivity index (χ1n) is 8.76. The second-order valence-corrected chi connectivity index (χ2v) is 6.99. The van der Waals surface area contributed by atoms with Crippen LogP contribution in [0.25, 0.3) is 0 Å². The lowest BCUT2D eigenvalue weighted by atomic mass is 10.0. The Morgan fingerprint density at radius 3 is 2.60 bits per heavy atom. The van der Waals surface area contributed by atoms with E-state index in [4.69, 9.17) is 4.74 Å². The van der Waals surface area contributed by atoms with Crippen LogP contribution in [0.5, 0.6) is 5.75 Å². The van der Waals surface area contributed by atoms with E-state index in [-0.39, 0.29) is 5.92 Å². The summed E-state index contributed by atoms with van der Waals surface area (Å²) >= 11 is 0. The van der Waals surface area contributed by atoms with Crippen LogP contribution in [0.15, 0.2) is 48.8 Å². The molecule has 0 unspecified atom stereocenters. The zero-order valence-electron chi connectivity index (χ0n) is 14.5. The smallest absolute Gasteiger partial charge is 0.227 e. The fourth-order valence-electron chi connectivity index (χ4n) is 4.01. The summed E-state index contributed by atoms with van der Waals surface area (Å²) in [5, 5.41) is 0. The molecule has 2 fully saturated rings. The number of ether oxygens (including phenoxy) is 1. The van der Waals surface area contributed by atoms with Gasteiger partial charge in [-0.05, 0) is 29.3 Å². The van der Waals surface area contributed by atoms with Crippen molar-refractivity contribution in [1.29, 1.82) is 0 Å². The molecular formula is C20H23N3O2. The Labute approximate surface area is 148 Å². The molecule has 3 heterocycles. The minimum atomic E-state index is 0.148. The highest BCUT2D eigenvalue weighted by Crippen LogP contribution is 2.33. The Balaban J connectivity index is 1.35. The van der Waals surface area contributed by atoms with E-state index in [1.54, 1.807) is 13.3 Å². The van der Waals surface area contributed by atoms with E-state index in [2.05, 4.69) is 22.0 Å². The van der Waals surface area contributed by atoms with Crippen LogP contribution in [0.1, 0.15) is 11.1 Å². The molecule has 25 heavy (non-hydrogen) atoms. The number of amides is 1. The van der Waals surface area contributed by atoms with E-state index in [0.717, 1.165) is 37.5 Å². The SMILES string of the molecule is COc1ccc(CN2C[C@H]3CN(Cc4cccnc4)C(=O)[C@H]3C2)cc1. The molecule has 5 nitrogen and oxygen atoms in total. The number of rotatable bonds is 5. The van der Waals surface area contributed by atoms with E-state index < -0.39 is 0 Å². The molecule has 5 heteroatoms. The Hall–Kier alpha value is -2.40. The van der Waals surface area contributed by atoms with Gasteiger partial charge in [-0.25, -0.2) is 0 Å². The molecule has 0 aliphatic carbocycles. The van der Waals surface area contributed by atoms with E-state index in [0.29, 0.717) is 18.4 Å². The fraction of sp³-hybridized carbons (Fsp3) is 0.400. The van der Waals surface area contributed by atoms with Crippen LogP contribution in [-0.4, -0.2) is 47.4 Å². The maximum atomic E-state index is 12.7. The van der Waals surface area contributed by atoms with Gasteiger partial charge in [0.1, 0.15) is 5.75 Å². The van der Waals surface area contributed by atoms with Crippen molar-refractivity contribution in [3.05, 3.63) is 59.9 Å². The molecule has 2 aromatic rings. The number of aromatic nitrogens is 1. The second-order valence-electron chi connectivity index (χ2n) is 6.99. The lowest BCUT2D eigenvalue weighted by molar-refractivity contribution is -0.131. The number of pyridine rings is 1. The van der Waals surface area contributed by atoms with Gasteiger partial charge in [0, 0.05) is 51.0 Å². The zero-order valence-corrected chi connectivity index (χ0v) is 14.5. The molecule has 2 aliphatic heterocycles. The zero-order chi connectivity index (χ0) is 17.2. The Morgan fingerprint density at radius 1 is 1.08 bits per heavy atom. The van der Waals surface area contributed by atoms with Gasteiger partial charge in [0.25, 0.3) is 0 Å². The van der Waals surface area contributed by atoms with Gasteiger partial charge in [-0.3, -0.25) is 14.7 Å². The van der Waals surface area contributed by atoms with Gasteiger partial charge in [0.15, 0.2) is 0 Å². The summed E-state index contributed by atoms with van der Waals surface area (Å²) < 4.78 is 5.21. The number of benzene rings is 1. The molecule has 0 bridgehead atoms. The number of hydrogen-bond donors (Lipinski definition) is 0. The lowest BCUT2D eigenvalue weighted by Gasteiger charge is -2.21. The summed E-state index contributed by atoms with van der Waals surface area (Å²) in [5.74, 6) is 1.77. The van der Waals surface area contributed by atoms with Crippen molar-refractivity contribution in [1.82, 2.24) is 14.8 Å². The molecule has 1 amide bonds. The Bertz CT molecular complexity index is 732. The molecule has 0 N–H and O–H groups in total. The number of fused-ring (bicyclic) bond motifs is 1. The maximum absolute atomic E-state index is 12.7. The van der Waals surface area contributed by atoms with Gasteiger partial charge in [-0.2, -0.15) is 0 Å². The monoisotopic (exact) mass is 337 g/mol. The summed E-state index contributed by atoms with van der Waals surface area (Å²) in [4.78, 5) is 21.3. The van der Waals surface area contributed by atoms with Crippen LogP contribution in [0.3, 0.4) is 0 Å². The minimum Gasteiger partial charge on any atom is -0.497 e. The van der Waals surface area contributed by atoms with Crippen LogP contribution >= 0.6 is 0 Å². The number of likely N-dealkylation sites (tertiary alicyclic amines) is 2. The quantitative estimate of drug-likeness (QED) is 0.839. The molecule has 4 rings (SSSR count). The molecule has 1 aromatic heterocycles. The van der Waals surface area contributed by atoms with Crippen LogP contribution < -0.4 is 4.74 Å². The molecule has 2 atom stereocenters. The largest absolute Gasteiger partial charge is 0.497 e. The molecule has 0 saturated carbocycles. The first-order chi connectivity index (χ1) is 12.2. The van der Waals surface area contributed by atoms with Crippen molar-refractivity contribution in [2.75, 3.05) is 26.7 Å². The van der Waals surface area contributed by atoms with Crippen molar-refractivity contribution in [3.8, 4) is 5.75 Å². The molecule has 0 radical (unpaired) electrons. The van der Waals surface area contributed by atoms with Crippen LogP contribution in [0.2, 0.25) is 0 Å². The van der Waals surface area contributed by atoms with Gasteiger partial charge < -0.3 is 9.64 Å². The average molecular weight is 337 g/mol. The first-order valence-corrected chi connectivity index (χ1v) is 8.76. The fourth-order valence-corrected chi connectivity index (χ4v) is 4.01. The number of carbonyl (C=O) groups is 1. The summed E-state index contributed by atoms with van der Waals surface area (Å²) in [5.41, 5.74) is 2.37. The third-order valence-electron chi connectivity index (χ3n) is 5.26. The van der Waals surface area contributed by atoms with Crippen LogP contribution in [0, 0.1) is 11.8 Å². The molecular weight excluding hydrogens is 314 g/mol. The van der Waals surface area contributed by atoms with Crippen molar-refractivity contribution < 1.29 is 9.53 Å². The predicted octanol–water partition coefficient (Wildman–Crippen LogP) is 2.18. The Kier molecular flexibility index (Phi) is 4.40. The topological polar surface area (TPSA) is 45.7 Å².